The summed E-state index contributed by atoms with van der Waals surface area (Å²) >= 11 is 0. The highest BCUT2D eigenvalue weighted by Gasteiger charge is 2.41. The molecule has 0 aliphatic heterocycles. The molecule has 0 aliphatic rings. The number of ketones is 1. The average Bonchev–Trinajstić information content (AvgIpc) is 2.46. The Morgan fingerprint density at radius 3 is 1.91 bits per heavy atom. The zero-order valence-electron chi connectivity index (χ0n) is 16.0. The summed E-state index contributed by atoms with van der Waals surface area (Å²) in [5.41, 5.74) is 7.63. The fourth-order valence-electron chi connectivity index (χ4n) is 3.78. The molecule has 0 bridgehead atoms. The molecule has 1 nitrogen and oxygen atoms in total. The molecule has 1 aromatic rings. The lowest BCUT2D eigenvalue weighted by molar-refractivity contribution is 0.101. The van der Waals surface area contributed by atoms with Gasteiger partial charge in [0.2, 0.25) is 0 Å². The van der Waals surface area contributed by atoms with Crippen LogP contribution in [0.3, 0.4) is 0 Å². The molecule has 0 radical (unpaired) electrons. The Hall–Kier alpha value is -1.33. The minimum atomic E-state index is -1.69. The van der Waals surface area contributed by atoms with Crippen molar-refractivity contribution in [2.45, 2.75) is 77.9 Å². The molecule has 0 saturated heterocycles. The maximum absolute atomic E-state index is 11.6. The van der Waals surface area contributed by atoms with Gasteiger partial charge in [0.05, 0.1) is 0 Å². The SMILES string of the molecule is CC(=O)c1cccc(C(C)C#C[Si](C(C)C)(C(C)C)C(C)C)c1. The van der Waals surface area contributed by atoms with Gasteiger partial charge < -0.3 is 0 Å². The fourth-order valence-corrected chi connectivity index (χ4v) is 9.11. The topological polar surface area (TPSA) is 17.1 Å². The van der Waals surface area contributed by atoms with E-state index in [2.05, 4.69) is 66.0 Å². The molecule has 23 heavy (non-hydrogen) atoms. The standard InChI is InChI=1S/C21H32OSi/c1-15(2)23(16(3)4,17(5)6)13-12-18(7)20-10-9-11-21(14-20)19(8)22/h9-11,14-18H,1-8H3. The lowest BCUT2D eigenvalue weighted by atomic mass is 9.99. The van der Waals surface area contributed by atoms with Gasteiger partial charge >= 0.3 is 0 Å². The van der Waals surface area contributed by atoms with Crippen LogP contribution in [0.4, 0.5) is 0 Å². The van der Waals surface area contributed by atoms with Crippen LogP contribution in [0.1, 0.15) is 77.2 Å². The molecule has 0 N–H and O–H groups in total. The predicted octanol–water partition coefficient (Wildman–Crippen LogP) is 6.21. The van der Waals surface area contributed by atoms with Crippen molar-refractivity contribution < 1.29 is 4.79 Å². The van der Waals surface area contributed by atoms with E-state index in [1.54, 1.807) is 6.92 Å². The van der Waals surface area contributed by atoms with Gasteiger partial charge in [-0.05, 0) is 42.1 Å². The zero-order chi connectivity index (χ0) is 17.8. The highest BCUT2D eigenvalue weighted by Crippen LogP contribution is 2.40. The van der Waals surface area contributed by atoms with Crippen LogP contribution in [-0.2, 0) is 0 Å². The Morgan fingerprint density at radius 2 is 1.48 bits per heavy atom. The van der Waals surface area contributed by atoms with Gasteiger partial charge in [0.25, 0.3) is 0 Å². The molecule has 126 valence electrons. The third-order valence-corrected chi connectivity index (χ3v) is 11.5. The molecular formula is C21H32OSi. The van der Waals surface area contributed by atoms with E-state index in [1.165, 1.54) is 0 Å². The van der Waals surface area contributed by atoms with Crippen molar-refractivity contribution in [2.75, 3.05) is 0 Å². The minimum absolute atomic E-state index is 0.113. The van der Waals surface area contributed by atoms with Crippen LogP contribution in [0.2, 0.25) is 16.6 Å². The maximum atomic E-state index is 11.6. The Kier molecular flexibility index (Phi) is 6.83. The van der Waals surface area contributed by atoms with Crippen LogP contribution in [0.5, 0.6) is 0 Å². The molecule has 2 heteroatoms. The van der Waals surface area contributed by atoms with E-state index in [4.69, 9.17) is 0 Å². The average molecular weight is 329 g/mol. The molecule has 0 saturated carbocycles. The number of carbonyl (C=O) groups is 1. The van der Waals surface area contributed by atoms with Crippen LogP contribution in [0.25, 0.3) is 0 Å². The molecule has 0 aromatic heterocycles. The van der Waals surface area contributed by atoms with Crippen LogP contribution >= 0.6 is 0 Å². The second kappa shape index (κ2) is 7.97. The number of hydrogen-bond acceptors (Lipinski definition) is 1. The number of carbonyl (C=O) groups excluding carboxylic acids is 1. The molecule has 0 aliphatic carbocycles. The first-order chi connectivity index (χ1) is 10.6. The minimum Gasteiger partial charge on any atom is -0.295 e. The molecule has 0 amide bonds. The highest BCUT2D eigenvalue weighted by atomic mass is 28.3. The lowest BCUT2D eigenvalue weighted by Gasteiger charge is -2.38. The van der Waals surface area contributed by atoms with Crippen molar-refractivity contribution in [1.82, 2.24) is 0 Å². The first-order valence-electron chi connectivity index (χ1n) is 8.76. The summed E-state index contributed by atoms with van der Waals surface area (Å²) in [6.45, 7) is 17.8. The first kappa shape index (κ1) is 19.7. The normalized spacial score (nSPS) is 13.2. The van der Waals surface area contributed by atoms with Crippen LogP contribution in [0.15, 0.2) is 24.3 Å². The van der Waals surface area contributed by atoms with E-state index in [9.17, 15) is 4.79 Å². The van der Waals surface area contributed by atoms with Crippen molar-refractivity contribution in [3.63, 3.8) is 0 Å². The summed E-state index contributed by atoms with van der Waals surface area (Å²) in [5, 5.41) is 0. The molecule has 1 rings (SSSR count). The third kappa shape index (κ3) is 4.35. The Bertz CT molecular complexity index is 580. The maximum Gasteiger partial charge on any atom is 0.159 e. The van der Waals surface area contributed by atoms with Crippen LogP contribution in [-0.4, -0.2) is 13.9 Å². The molecule has 0 spiro atoms. The molecule has 1 unspecified atom stereocenters. The zero-order valence-corrected chi connectivity index (χ0v) is 17.0. The van der Waals surface area contributed by atoms with E-state index in [0.717, 1.165) is 11.1 Å². The summed E-state index contributed by atoms with van der Waals surface area (Å²) in [6, 6.07) is 7.91. The van der Waals surface area contributed by atoms with E-state index < -0.39 is 8.07 Å². The predicted molar refractivity (Wildman–Crippen MR) is 104 cm³/mol. The summed E-state index contributed by atoms with van der Waals surface area (Å²) in [5.74, 6) is 3.83. The summed E-state index contributed by atoms with van der Waals surface area (Å²) in [4.78, 5) is 11.6. The van der Waals surface area contributed by atoms with Gasteiger partial charge in [-0.3, -0.25) is 4.79 Å². The third-order valence-electron chi connectivity index (χ3n) is 5.16. The van der Waals surface area contributed by atoms with Gasteiger partial charge in [-0.2, -0.15) is 0 Å². The highest BCUT2D eigenvalue weighted by molar-refractivity contribution is 6.90. The molecular weight excluding hydrogens is 296 g/mol. The molecule has 0 fully saturated rings. The van der Waals surface area contributed by atoms with Crippen molar-refractivity contribution in [3.8, 4) is 11.5 Å². The smallest absolute Gasteiger partial charge is 0.159 e. The number of rotatable bonds is 5. The van der Waals surface area contributed by atoms with Gasteiger partial charge in [0, 0.05) is 11.5 Å². The van der Waals surface area contributed by atoms with Crippen LogP contribution < -0.4 is 0 Å². The quantitative estimate of drug-likeness (QED) is 0.356. The largest absolute Gasteiger partial charge is 0.295 e. The Balaban J connectivity index is 3.21. The second-order valence-corrected chi connectivity index (χ2v) is 13.1. The van der Waals surface area contributed by atoms with Gasteiger partial charge in [-0.25, -0.2) is 0 Å². The van der Waals surface area contributed by atoms with Crippen LogP contribution in [0, 0.1) is 11.5 Å². The molecule has 1 aromatic carbocycles. The van der Waals surface area contributed by atoms with Gasteiger partial charge in [0.15, 0.2) is 5.78 Å². The molecule has 0 heterocycles. The van der Waals surface area contributed by atoms with Crippen molar-refractivity contribution in [3.05, 3.63) is 35.4 Å². The van der Waals surface area contributed by atoms with E-state index in [1.807, 2.05) is 18.2 Å². The number of Topliss-reactive ketones (excluding diaryl/α,β-unsaturated/α-hetero) is 1. The van der Waals surface area contributed by atoms with Crippen molar-refractivity contribution in [2.24, 2.45) is 0 Å². The summed E-state index contributed by atoms with van der Waals surface area (Å²) < 4.78 is 0. The second-order valence-electron chi connectivity index (χ2n) is 7.57. The number of benzene rings is 1. The van der Waals surface area contributed by atoms with Gasteiger partial charge in [0.1, 0.15) is 8.07 Å². The Labute approximate surface area is 143 Å². The Morgan fingerprint density at radius 1 is 0.957 bits per heavy atom. The number of hydrogen-bond donors (Lipinski definition) is 0. The fraction of sp³-hybridized carbons (Fsp3) is 0.571. The first-order valence-corrected chi connectivity index (χ1v) is 11.0. The monoisotopic (exact) mass is 328 g/mol. The molecule has 1 atom stereocenters. The van der Waals surface area contributed by atoms with Crippen molar-refractivity contribution in [1.29, 1.82) is 0 Å². The summed E-state index contributed by atoms with van der Waals surface area (Å²) in [6.07, 6.45) is 0. The van der Waals surface area contributed by atoms with Crippen molar-refractivity contribution >= 4 is 13.9 Å². The van der Waals surface area contributed by atoms with Gasteiger partial charge in [-0.1, -0.05) is 59.7 Å². The van der Waals surface area contributed by atoms with E-state index in [-0.39, 0.29) is 11.7 Å². The summed E-state index contributed by atoms with van der Waals surface area (Å²) in [7, 11) is -1.69. The van der Waals surface area contributed by atoms with E-state index >= 15 is 0 Å². The van der Waals surface area contributed by atoms with Gasteiger partial charge in [-0.15, -0.1) is 11.5 Å². The lowest BCUT2D eigenvalue weighted by Crippen LogP contribution is -2.43. The van der Waals surface area contributed by atoms with E-state index in [0.29, 0.717) is 16.6 Å².